The number of amidine groups is 1. The number of methoxy groups -OCH3 is 1. The summed E-state index contributed by atoms with van der Waals surface area (Å²) in [5.74, 6) is 1.99. The molecule has 0 atom stereocenters. The summed E-state index contributed by atoms with van der Waals surface area (Å²) in [7, 11) is 1.66. The fourth-order valence-corrected chi connectivity index (χ4v) is 2.67. The Balaban J connectivity index is 1.81. The Morgan fingerprint density at radius 2 is 2.29 bits per heavy atom. The molecule has 0 amide bonds. The molecule has 6 heteroatoms. The van der Waals surface area contributed by atoms with Crippen molar-refractivity contribution in [2.45, 2.75) is 19.6 Å². The number of fused-ring (bicyclic) bond motifs is 1. The van der Waals surface area contributed by atoms with Gasteiger partial charge in [0, 0.05) is 43.2 Å². The van der Waals surface area contributed by atoms with Crippen LogP contribution in [0.5, 0.6) is 5.75 Å². The molecule has 3 rings (SSSR count). The standard InChI is InChI=1S/C15H19N5O/c1-21-13-3-2-11(15(16)17)8-12(13)9-19-6-7-20-5-4-18-14(20)10-19/h2-5,8H,6-7,9-10H2,1H3,(H3,16,17). The van der Waals surface area contributed by atoms with Gasteiger partial charge in [-0.3, -0.25) is 10.3 Å². The van der Waals surface area contributed by atoms with E-state index in [1.807, 2.05) is 30.6 Å². The third-order valence-electron chi connectivity index (χ3n) is 3.81. The minimum Gasteiger partial charge on any atom is -0.496 e. The Hall–Kier alpha value is -2.34. The molecule has 110 valence electrons. The third-order valence-corrected chi connectivity index (χ3v) is 3.81. The van der Waals surface area contributed by atoms with Crippen LogP contribution in [0.25, 0.3) is 0 Å². The van der Waals surface area contributed by atoms with E-state index in [1.54, 1.807) is 7.11 Å². The van der Waals surface area contributed by atoms with Crippen LogP contribution in [0.4, 0.5) is 0 Å². The van der Waals surface area contributed by atoms with E-state index in [4.69, 9.17) is 15.9 Å². The molecule has 3 N–H and O–H groups in total. The van der Waals surface area contributed by atoms with Gasteiger partial charge in [0.15, 0.2) is 0 Å². The molecule has 1 aliphatic rings. The second kappa shape index (κ2) is 5.57. The molecule has 0 saturated carbocycles. The summed E-state index contributed by atoms with van der Waals surface area (Å²) in [4.78, 5) is 6.70. The van der Waals surface area contributed by atoms with Crippen LogP contribution in [-0.4, -0.2) is 33.9 Å². The molecule has 2 heterocycles. The summed E-state index contributed by atoms with van der Waals surface area (Å²) in [6, 6.07) is 5.62. The third kappa shape index (κ3) is 2.75. The number of nitrogens with zero attached hydrogens (tertiary/aromatic N) is 3. The summed E-state index contributed by atoms with van der Waals surface area (Å²) in [5, 5.41) is 7.56. The van der Waals surface area contributed by atoms with Crippen molar-refractivity contribution in [2.75, 3.05) is 13.7 Å². The number of nitrogen functional groups attached to an aromatic ring is 1. The van der Waals surface area contributed by atoms with Crippen LogP contribution in [0, 0.1) is 5.41 Å². The summed E-state index contributed by atoms with van der Waals surface area (Å²) in [6.07, 6.45) is 3.86. The van der Waals surface area contributed by atoms with Crippen LogP contribution in [0.15, 0.2) is 30.6 Å². The first-order valence-electron chi connectivity index (χ1n) is 6.91. The highest BCUT2D eigenvalue weighted by molar-refractivity contribution is 5.95. The summed E-state index contributed by atoms with van der Waals surface area (Å²) in [6.45, 7) is 3.50. The Morgan fingerprint density at radius 3 is 3.05 bits per heavy atom. The normalized spacial score (nSPS) is 14.7. The molecule has 6 nitrogen and oxygen atoms in total. The largest absolute Gasteiger partial charge is 0.496 e. The monoisotopic (exact) mass is 285 g/mol. The number of aromatic nitrogens is 2. The van der Waals surface area contributed by atoms with Gasteiger partial charge in [0.1, 0.15) is 17.4 Å². The quantitative estimate of drug-likeness (QED) is 0.653. The molecule has 0 aliphatic carbocycles. The lowest BCUT2D eigenvalue weighted by atomic mass is 10.1. The maximum absolute atomic E-state index is 7.56. The molecule has 2 aromatic rings. The zero-order valence-electron chi connectivity index (χ0n) is 12.0. The van der Waals surface area contributed by atoms with Crippen molar-refractivity contribution >= 4 is 5.84 Å². The van der Waals surface area contributed by atoms with Gasteiger partial charge in [-0.25, -0.2) is 4.98 Å². The van der Waals surface area contributed by atoms with Crippen molar-refractivity contribution in [3.8, 4) is 5.75 Å². The zero-order valence-corrected chi connectivity index (χ0v) is 12.0. The van der Waals surface area contributed by atoms with Crippen molar-refractivity contribution in [3.63, 3.8) is 0 Å². The van der Waals surface area contributed by atoms with E-state index in [-0.39, 0.29) is 5.84 Å². The molecule has 0 unspecified atom stereocenters. The highest BCUT2D eigenvalue weighted by Gasteiger charge is 2.18. The Kier molecular flexibility index (Phi) is 3.62. The van der Waals surface area contributed by atoms with Gasteiger partial charge in [0.2, 0.25) is 0 Å². The topological polar surface area (TPSA) is 80.2 Å². The van der Waals surface area contributed by atoms with Gasteiger partial charge < -0.3 is 15.0 Å². The highest BCUT2D eigenvalue weighted by atomic mass is 16.5. The molecule has 21 heavy (non-hydrogen) atoms. The van der Waals surface area contributed by atoms with E-state index in [9.17, 15) is 0 Å². The van der Waals surface area contributed by atoms with Crippen LogP contribution >= 0.6 is 0 Å². The first-order valence-corrected chi connectivity index (χ1v) is 6.91. The minimum atomic E-state index is 0.0769. The van der Waals surface area contributed by atoms with Crippen LogP contribution in [0.2, 0.25) is 0 Å². The Labute approximate surface area is 123 Å². The number of nitrogens with one attached hydrogen (secondary N) is 1. The van der Waals surface area contributed by atoms with E-state index < -0.39 is 0 Å². The number of hydrogen-bond acceptors (Lipinski definition) is 4. The van der Waals surface area contributed by atoms with Crippen molar-refractivity contribution in [1.82, 2.24) is 14.5 Å². The number of imidazole rings is 1. The maximum atomic E-state index is 7.56. The molecule has 0 bridgehead atoms. The van der Waals surface area contributed by atoms with Crippen molar-refractivity contribution in [3.05, 3.63) is 47.5 Å². The average molecular weight is 285 g/mol. The molecule has 0 spiro atoms. The summed E-state index contributed by atoms with van der Waals surface area (Å²) in [5.41, 5.74) is 7.34. The fraction of sp³-hybridized carbons (Fsp3) is 0.333. The molecule has 0 fully saturated rings. The number of benzene rings is 1. The van der Waals surface area contributed by atoms with Gasteiger partial charge in [-0.05, 0) is 18.2 Å². The van der Waals surface area contributed by atoms with Crippen LogP contribution < -0.4 is 10.5 Å². The summed E-state index contributed by atoms with van der Waals surface area (Å²) >= 11 is 0. The van der Waals surface area contributed by atoms with Gasteiger partial charge in [-0.1, -0.05) is 0 Å². The van der Waals surface area contributed by atoms with E-state index in [1.165, 1.54) is 0 Å². The molecule has 0 radical (unpaired) electrons. The molecule has 0 saturated heterocycles. The van der Waals surface area contributed by atoms with Crippen LogP contribution in [0.3, 0.4) is 0 Å². The van der Waals surface area contributed by atoms with Gasteiger partial charge in [0.25, 0.3) is 0 Å². The van der Waals surface area contributed by atoms with E-state index in [2.05, 4.69) is 14.5 Å². The first-order chi connectivity index (χ1) is 10.2. The van der Waals surface area contributed by atoms with Gasteiger partial charge in [-0.15, -0.1) is 0 Å². The lowest BCUT2D eigenvalue weighted by molar-refractivity contribution is 0.206. The highest BCUT2D eigenvalue weighted by Crippen LogP contribution is 2.23. The number of nitrogens with two attached hydrogens (primary N) is 1. The van der Waals surface area contributed by atoms with Crippen molar-refractivity contribution in [1.29, 1.82) is 5.41 Å². The van der Waals surface area contributed by atoms with Crippen molar-refractivity contribution in [2.24, 2.45) is 5.73 Å². The summed E-state index contributed by atoms with van der Waals surface area (Å²) < 4.78 is 7.60. The van der Waals surface area contributed by atoms with E-state index in [0.29, 0.717) is 0 Å². The van der Waals surface area contributed by atoms with Gasteiger partial charge >= 0.3 is 0 Å². The number of rotatable bonds is 4. The molecule has 1 aliphatic heterocycles. The minimum absolute atomic E-state index is 0.0769. The Morgan fingerprint density at radius 1 is 1.43 bits per heavy atom. The predicted octanol–water partition coefficient (Wildman–Crippen LogP) is 1.19. The SMILES string of the molecule is COc1ccc(C(=N)N)cc1CN1CCn2ccnc2C1. The number of hydrogen-bond donors (Lipinski definition) is 2. The van der Waals surface area contributed by atoms with Gasteiger partial charge in [0.05, 0.1) is 13.7 Å². The van der Waals surface area contributed by atoms with E-state index >= 15 is 0 Å². The van der Waals surface area contributed by atoms with Crippen LogP contribution in [-0.2, 0) is 19.6 Å². The van der Waals surface area contributed by atoms with E-state index in [0.717, 1.165) is 48.9 Å². The molecule has 1 aromatic carbocycles. The second-order valence-corrected chi connectivity index (χ2v) is 5.19. The smallest absolute Gasteiger partial charge is 0.123 e. The second-order valence-electron chi connectivity index (χ2n) is 5.19. The lowest BCUT2D eigenvalue weighted by Gasteiger charge is -2.28. The Bertz CT molecular complexity index is 664. The first kappa shape index (κ1) is 13.6. The lowest BCUT2D eigenvalue weighted by Crippen LogP contribution is -2.33. The van der Waals surface area contributed by atoms with Crippen molar-refractivity contribution < 1.29 is 4.74 Å². The average Bonchev–Trinajstić information content (AvgIpc) is 2.94. The van der Waals surface area contributed by atoms with Crippen LogP contribution in [0.1, 0.15) is 17.0 Å². The predicted molar refractivity (Wildman–Crippen MR) is 80.4 cm³/mol. The zero-order chi connectivity index (χ0) is 14.8. The van der Waals surface area contributed by atoms with Gasteiger partial charge in [-0.2, -0.15) is 0 Å². The fourth-order valence-electron chi connectivity index (χ4n) is 2.67. The molecular formula is C15H19N5O. The maximum Gasteiger partial charge on any atom is 0.123 e. The molecule has 1 aromatic heterocycles. The molecular weight excluding hydrogens is 266 g/mol. The number of ether oxygens (including phenoxy) is 1.